The van der Waals surface area contributed by atoms with E-state index in [-0.39, 0.29) is 36.9 Å². The van der Waals surface area contributed by atoms with Gasteiger partial charge in [0, 0.05) is 31.0 Å². The van der Waals surface area contributed by atoms with E-state index in [2.05, 4.69) is 5.32 Å². The Kier molecular flexibility index (Phi) is 7.27. The SMILES string of the molecule is NCC(O)CC(Cc1ccccc1)C(=O)NC1C(CO)CC2CCCCC21. The molecule has 0 radical (unpaired) electrons. The molecular formula is C22H34N2O3. The van der Waals surface area contributed by atoms with E-state index >= 15 is 0 Å². The van der Waals surface area contributed by atoms with Crippen LogP contribution in [0.3, 0.4) is 0 Å². The molecule has 0 spiro atoms. The number of rotatable bonds is 8. The highest BCUT2D eigenvalue weighted by atomic mass is 16.3. The van der Waals surface area contributed by atoms with E-state index in [0.29, 0.717) is 24.7 Å². The average Bonchev–Trinajstić information content (AvgIpc) is 3.05. The molecule has 1 aromatic carbocycles. The summed E-state index contributed by atoms with van der Waals surface area (Å²) in [6.07, 6.45) is 6.12. The highest BCUT2D eigenvalue weighted by molar-refractivity contribution is 5.79. The van der Waals surface area contributed by atoms with Crippen molar-refractivity contribution in [3.8, 4) is 0 Å². The molecule has 5 N–H and O–H groups in total. The van der Waals surface area contributed by atoms with Crippen LogP contribution in [-0.4, -0.2) is 41.4 Å². The van der Waals surface area contributed by atoms with Gasteiger partial charge in [-0.3, -0.25) is 4.79 Å². The van der Waals surface area contributed by atoms with Gasteiger partial charge in [0.05, 0.1) is 6.10 Å². The van der Waals surface area contributed by atoms with Crippen molar-refractivity contribution in [2.75, 3.05) is 13.2 Å². The fraction of sp³-hybridized carbons (Fsp3) is 0.682. The predicted molar refractivity (Wildman–Crippen MR) is 106 cm³/mol. The maximum absolute atomic E-state index is 13.1. The summed E-state index contributed by atoms with van der Waals surface area (Å²) in [6, 6.07) is 9.97. The van der Waals surface area contributed by atoms with E-state index in [4.69, 9.17) is 5.73 Å². The summed E-state index contributed by atoms with van der Waals surface area (Å²) in [4.78, 5) is 13.1. The number of carbonyl (C=O) groups is 1. The molecule has 0 saturated heterocycles. The third kappa shape index (κ3) is 5.09. The lowest BCUT2D eigenvalue weighted by molar-refractivity contribution is -0.127. The first-order chi connectivity index (χ1) is 13.1. The number of hydrogen-bond donors (Lipinski definition) is 4. The molecule has 6 atom stereocenters. The molecule has 0 aromatic heterocycles. The molecule has 3 rings (SSSR count). The van der Waals surface area contributed by atoms with Gasteiger partial charge in [-0.1, -0.05) is 49.6 Å². The quantitative estimate of drug-likeness (QED) is 0.558. The van der Waals surface area contributed by atoms with Gasteiger partial charge >= 0.3 is 0 Å². The second-order valence-electron chi connectivity index (χ2n) is 8.43. The number of carbonyl (C=O) groups excluding carboxylic acids is 1. The molecule has 1 amide bonds. The van der Waals surface area contributed by atoms with E-state index in [0.717, 1.165) is 18.4 Å². The third-order valence-corrected chi connectivity index (χ3v) is 6.61. The fourth-order valence-corrected chi connectivity index (χ4v) is 5.19. The molecule has 2 aliphatic carbocycles. The van der Waals surface area contributed by atoms with E-state index < -0.39 is 6.10 Å². The van der Waals surface area contributed by atoms with Crippen molar-refractivity contribution < 1.29 is 15.0 Å². The zero-order valence-corrected chi connectivity index (χ0v) is 16.1. The second kappa shape index (κ2) is 9.67. The summed E-state index contributed by atoms with van der Waals surface area (Å²) in [6.45, 7) is 0.290. The number of nitrogens with one attached hydrogen (secondary N) is 1. The van der Waals surface area contributed by atoms with E-state index in [1.807, 2.05) is 30.3 Å². The van der Waals surface area contributed by atoms with Crippen LogP contribution in [0.2, 0.25) is 0 Å². The standard InChI is InChI=1S/C22H34N2O3/c23-13-19(26)12-17(10-15-6-2-1-3-7-15)22(27)24-21-18(14-25)11-16-8-4-5-9-20(16)21/h1-3,6-7,16-21,25-26H,4-5,8-14,23H2,(H,24,27). The van der Waals surface area contributed by atoms with Crippen LogP contribution in [0.25, 0.3) is 0 Å². The Bertz CT molecular complexity index is 594. The van der Waals surface area contributed by atoms with Crippen LogP contribution in [0.1, 0.15) is 44.1 Å². The molecular weight excluding hydrogens is 340 g/mol. The van der Waals surface area contributed by atoms with Crippen molar-refractivity contribution in [2.24, 2.45) is 29.4 Å². The van der Waals surface area contributed by atoms with Gasteiger partial charge in [0.1, 0.15) is 0 Å². The van der Waals surface area contributed by atoms with E-state index in [9.17, 15) is 15.0 Å². The Morgan fingerprint density at radius 2 is 1.96 bits per heavy atom. The Labute approximate surface area is 162 Å². The van der Waals surface area contributed by atoms with Crippen LogP contribution in [-0.2, 0) is 11.2 Å². The zero-order chi connectivity index (χ0) is 19.2. The summed E-state index contributed by atoms with van der Waals surface area (Å²) in [7, 11) is 0. The van der Waals surface area contributed by atoms with Gasteiger partial charge in [-0.2, -0.15) is 0 Å². The molecule has 2 aliphatic rings. The number of aliphatic hydroxyl groups is 2. The van der Waals surface area contributed by atoms with Gasteiger partial charge in [-0.25, -0.2) is 0 Å². The topological polar surface area (TPSA) is 95.6 Å². The van der Waals surface area contributed by atoms with E-state index in [1.165, 1.54) is 19.3 Å². The highest BCUT2D eigenvalue weighted by Crippen LogP contribution is 2.45. The minimum Gasteiger partial charge on any atom is -0.396 e. The van der Waals surface area contributed by atoms with Gasteiger partial charge in [-0.15, -0.1) is 0 Å². The largest absolute Gasteiger partial charge is 0.396 e. The molecule has 150 valence electrons. The molecule has 0 heterocycles. The molecule has 5 heteroatoms. The molecule has 6 unspecified atom stereocenters. The first-order valence-electron chi connectivity index (χ1n) is 10.5. The number of nitrogens with two attached hydrogens (primary N) is 1. The van der Waals surface area contributed by atoms with Crippen molar-refractivity contribution in [3.63, 3.8) is 0 Å². The van der Waals surface area contributed by atoms with Gasteiger partial charge in [0.15, 0.2) is 0 Å². The molecule has 0 bridgehead atoms. The second-order valence-corrected chi connectivity index (χ2v) is 8.43. The number of amides is 1. The lowest BCUT2D eigenvalue weighted by atomic mass is 9.80. The molecule has 0 aliphatic heterocycles. The molecule has 2 fully saturated rings. The van der Waals surface area contributed by atoms with Crippen LogP contribution in [0.15, 0.2) is 30.3 Å². The van der Waals surface area contributed by atoms with Gasteiger partial charge in [-0.05, 0) is 43.1 Å². The van der Waals surface area contributed by atoms with E-state index in [1.54, 1.807) is 0 Å². The summed E-state index contributed by atoms with van der Waals surface area (Å²) >= 11 is 0. The average molecular weight is 375 g/mol. The maximum Gasteiger partial charge on any atom is 0.223 e. The minimum atomic E-state index is -0.677. The zero-order valence-electron chi connectivity index (χ0n) is 16.1. The normalized spacial score (nSPS) is 29.7. The van der Waals surface area contributed by atoms with Crippen LogP contribution < -0.4 is 11.1 Å². The van der Waals surface area contributed by atoms with Crippen molar-refractivity contribution in [1.82, 2.24) is 5.32 Å². The number of hydrogen-bond acceptors (Lipinski definition) is 4. The van der Waals surface area contributed by atoms with Crippen LogP contribution in [0.5, 0.6) is 0 Å². The number of aliphatic hydroxyl groups excluding tert-OH is 2. The summed E-state index contributed by atoms with van der Waals surface area (Å²) in [5.74, 6) is 0.938. The number of benzene rings is 1. The molecule has 2 saturated carbocycles. The minimum absolute atomic E-state index is 0.0129. The number of fused-ring (bicyclic) bond motifs is 1. The molecule has 1 aromatic rings. The monoisotopic (exact) mass is 374 g/mol. The van der Waals surface area contributed by atoms with Crippen molar-refractivity contribution in [1.29, 1.82) is 0 Å². The first-order valence-corrected chi connectivity index (χ1v) is 10.5. The Morgan fingerprint density at radius 3 is 2.67 bits per heavy atom. The summed E-state index contributed by atoms with van der Waals surface area (Å²) in [5, 5.41) is 23.2. The Balaban J connectivity index is 1.70. The van der Waals surface area contributed by atoms with Crippen molar-refractivity contribution >= 4 is 5.91 Å². The highest BCUT2D eigenvalue weighted by Gasteiger charge is 2.44. The lowest BCUT2D eigenvalue weighted by Gasteiger charge is -2.32. The van der Waals surface area contributed by atoms with Gasteiger partial charge < -0.3 is 21.3 Å². The van der Waals surface area contributed by atoms with Crippen molar-refractivity contribution in [3.05, 3.63) is 35.9 Å². The van der Waals surface area contributed by atoms with Crippen molar-refractivity contribution in [2.45, 2.75) is 57.1 Å². The van der Waals surface area contributed by atoms with Crippen LogP contribution in [0, 0.1) is 23.7 Å². The summed E-state index contributed by atoms with van der Waals surface area (Å²) < 4.78 is 0. The van der Waals surface area contributed by atoms with Crippen LogP contribution >= 0.6 is 0 Å². The van der Waals surface area contributed by atoms with Gasteiger partial charge in [0.25, 0.3) is 0 Å². The Hall–Kier alpha value is -1.43. The van der Waals surface area contributed by atoms with Gasteiger partial charge in [0.2, 0.25) is 5.91 Å². The lowest BCUT2D eigenvalue weighted by Crippen LogP contribution is -2.47. The Morgan fingerprint density at radius 1 is 1.22 bits per heavy atom. The fourth-order valence-electron chi connectivity index (χ4n) is 5.19. The molecule has 5 nitrogen and oxygen atoms in total. The van der Waals surface area contributed by atoms with Crippen LogP contribution in [0.4, 0.5) is 0 Å². The molecule has 27 heavy (non-hydrogen) atoms. The predicted octanol–water partition coefficient (Wildman–Crippen LogP) is 1.86. The summed E-state index contributed by atoms with van der Waals surface area (Å²) in [5.41, 5.74) is 6.68. The first kappa shape index (κ1) is 20.3. The third-order valence-electron chi connectivity index (χ3n) is 6.61. The maximum atomic E-state index is 13.1. The smallest absolute Gasteiger partial charge is 0.223 e.